The summed E-state index contributed by atoms with van der Waals surface area (Å²) in [6, 6.07) is 0. The molecule has 0 aliphatic heterocycles. The fourth-order valence-electron chi connectivity index (χ4n) is 5.59. The molecule has 3 aliphatic rings. The van der Waals surface area contributed by atoms with Crippen LogP contribution in [0.2, 0.25) is 0 Å². The summed E-state index contributed by atoms with van der Waals surface area (Å²) in [7, 11) is 0. The topological polar surface area (TPSA) is 0 Å². The van der Waals surface area contributed by atoms with Gasteiger partial charge in [-0.1, -0.05) is 48.5 Å². The quantitative estimate of drug-likeness (QED) is 0.543. The van der Waals surface area contributed by atoms with Crippen LogP contribution >= 0.6 is 15.9 Å². The van der Waals surface area contributed by atoms with Gasteiger partial charge >= 0.3 is 0 Å². The van der Waals surface area contributed by atoms with Crippen molar-refractivity contribution in [2.45, 2.75) is 82.4 Å². The van der Waals surface area contributed by atoms with Crippen LogP contribution in [0.25, 0.3) is 0 Å². The normalized spacial score (nSPS) is 46.4. The largest absolute Gasteiger partial charge is 0.0891 e. The van der Waals surface area contributed by atoms with E-state index in [4.69, 9.17) is 0 Å². The first kappa shape index (κ1) is 14.4. The van der Waals surface area contributed by atoms with Crippen LogP contribution in [0.4, 0.5) is 0 Å². The molecule has 0 N–H and O–H groups in total. The number of unbranched alkanes of at least 4 members (excludes halogenated alkanes) is 1. The minimum atomic E-state index is 0.839. The lowest BCUT2D eigenvalue weighted by Crippen LogP contribution is -2.41. The van der Waals surface area contributed by atoms with Crippen molar-refractivity contribution in [2.24, 2.45) is 29.6 Å². The minimum absolute atomic E-state index is 0.839. The minimum Gasteiger partial charge on any atom is -0.0891 e. The van der Waals surface area contributed by atoms with E-state index in [0.717, 1.165) is 34.4 Å². The number of hydrogen-bond donors (Lipinski definition) is 0. The van der Waals surface area contributed by atoms with E-state index in [-0.39, 0.29) is 0 Å². The molecule has 0 bridgehead atoms. The number of fused-ring (bicyclic) bond motifs is 3. The zero-order valence-corrected chi connectivity index (χ0v) is 14.2. The van der Waals surface area contributed by atoms with Crippen LogP contribution in [0.3, 0.4) is 0 Å². The summed E-state index contributed by atoms with van der Waals surface area (Å²) in [5, 5.41) is 0. The first-order valence-corrected chi connectivity index (χ1v) is 9.83. The molecule has 6 atom stereocenters. The smallest absolute Gasteiger partial charge is 0.0148 e. The predicted molar refractivity (Wildman–Crippen MR) is 86.6 cm³/mol. The van der Waals surface area contributed by atoms with Gasteiger partial charge in [-0.25, -0.2) is 0 Å². The second-order valence-electron chi connectivity index (χ2n) is 7.66. The molecule has 0 aromatic rings. The molecule has 0 radical (unpaired) electrons. The van der Waals surface area contributed by atoms with E-state index in [0.29, 0.717) is 0 Å². The van der Waals surface area contributed by atoms with Gasteiger partial charge in [0.2, 0.25) is 0 Å². The Balaban J connectivity index is 1.58. The lowest BCUT2D eigenvalue weighted by atomic mass is 9.56. The maximum Gasteiger partial charge on any atom is 0.0148 e. The van der Waals surface area contributed by atoms with Crippen molar-refractivity contribution in [2.75, 3.05) is 0 Å². The Morgan fingerprint density at radius 1 is 0.842 bits per heavy atom. The van der Waals surface area contributed by atoms with Gasteiger partial charge in [0, 0.05) is 4.83 Å². The Morgan fingerprint density at radius 3 is 2.26 bits per heavy atom. The van der Waals surface area contributed by atoms with E-state index in [9.17, 15) is 0 Å². The summed E-state index contributed by atoms with van der Waals surface area (Å²) < 4.78 is 0. The van der Waals surface area contributed by atoms with Crippen molar-refractivity contribution in [3.63, 3.8) is 0 Å². The van der Waals surface area contributed by atoms with Crippen molar-refractivity contribution in [1.29, 1.82) is 0 Å². The van der Waals surface area contributed by atoms with Crippen LogP contribution in [0.1, 0.15) is 77.6 Å². The highest BCUT2D eigenvalue weighted by Crippen LogP contribution is 2.53. The van der Waals surface area contributed by atoms with Crippen LogP contribution in [-0.2, 0) is 0 Å². The lowest BCUT2D eigenvalue weighted by molar-refractivity contribution is 0.0120. The third-order valence-corrected chi connectivity index (χ3v) is 7.38. The third kappa shape index (κ3) is 3.22. The van der Waals surface area contributed by atoms with Gasteiger partial charge in [0.25, 0.3) is 0 Å². The van der Waals surface area contributed by atoms with Crippen molar-refractivity contribution in [3.05, 3.63) is 0 Å². The van der Waals surface area contributed by atoms with Gasteiger partial charge in [-0.2, -0.15) is 0 Å². The van der Waals surface area contributed by atoms with Crippen LogP contribution in [-0.4, -0.2) is 4.83 Å². The summed E-state index contributed by atoms with van der Waals surface area (Å²) in [5.41, 5.74) is 0. The second kappa shape index (κ2) is 6.50. The Labute approximate surface area is 128 Å². The Bertz CT molecular complexity index is 287. The van der Waals surface area contributed by atoms with Gasteiger partial charge < -0.3 is 0 Å². The standard InChI is InChI=1S/C18H31Br/c1-2-3-4-13-5-9-17-14(11-13)6-7-15-12-16(19)8-10-18(15)17/h13-18H,2-12H2,1H3/t13-,14?,15?,16-,17?,18?/m0/s1. The Morgan fingerprint density at radius 2 is 1.53 bits per heavy atom. The van der Waals surface area contributed by atoms with Gasteiger partial charge in [-0.05, 0) is 74.5 Å². The number of halogens is 1. The second-order valence-corrected chi connectivity index (χ2v) is 8.95. The summed E-state index contributed by atoms with van der Waals surface area (Å²) in [4.78, 5) is 0.839. The predicted octanol–water partition coefficient (Wildman–Crippen LogP) is 6.18. The molecule has 4 unspecified atom stereocenters. The molecule has 0 amide bonds. The molecule has 3 fully saturated rings. The number of rotatable bonds is 3. The summed E-state index contributed by atoms with van der Waals surface area (Å²) in [6.45, 7) is 2.34. The third-order valence-electron chi connectivity index (χ3n) is 6.55. The molecule has 0 saturated heterocycles. The number of alkyl halides is 1. The molecule has 0 aromatic heterocycles. The van der Waals surface area contributed by atoms with Crippen molar-refractivity contribution in [1.82, 2.24) is 0 Å². The number of hydrogen-bond acceptors (Lipinski definition) is 0. The molecule has 3 saturated carbocycles. The first-order valence-electron chi connectivity index (χ1n) is 8.92. The van der Waals surface area contributed by atoms with Crippen molar-refractivity contribution < 1.29 is 0 Å². The molecule has 0 nitrogen and oxygen atoms in total. The van der Waals surface area contributed by atoms with E-state index in [2.05, 4.69) is 22.9 Å². The average molecular weight is 327 g/mol. The zero-order chi connectivity index (χ0) is 13.2. The van der Waals surface area contributed by atoms with E-state index in [1.165, 1.54) is 38.5 Å². The summed E-state index contributed by atoms with van der Waals surface area (Å²) in [5.74, 6) is 5.51. The molecule has 0 spiro atoms. The maximum absolute atomic E-state index is 3.88. The van der Waals surface area contributed by atoms with Crippen LogP contribution < -0.4 is 0 Å². The Hall–Kier alpha value is 0.480. The molecule has 110 valence electrons. The lowest BCUT2D eigenvalue weighted by Gasteiger charge is -2.50. The monoisotopic (exact) mass is 326 g/mol. The fraction of sp³-hybridized carbons (Fsp3) is 1.00. The average Bonchev–Trinajstić information content (AvgIpc) is 2.44. The van der Waals surface area contributed by atoms with Crippen LogP contribution in [0, 0.1) is 29.6 Å². The van der Waals surface area contributed by atoms with Gasteiger partial charge in [-0.3, -0.25) is 0 Å². The van der Waals surface area contributed by atoms with Gasteiger partial charge in [0.1, 0.15) is 0 Å². The molecular formula is C18H31Br. The maximum atomic E-state index is 3.88. The van der Waals surface area contributed by atoms with E-state index in [1.54, 1.807) is 32.1 Å². The SMILES string of the molecule is CCCC[C@H]1CCC2C(CCC3C[C@@H](Br)CCC32)C1. The zero-order valence-electron chi connectivity index (χ0n) is 12.6. The van der Waals surface area contributed by atoms with Crippen LogP contribution in [0.5, 0.6) is 0 Å². The summed E-state index contributed by atoms with van der Waals surface area (Å²) >= 11 is 3.88. The Kier molecular flexibility index (Phi) is 4.93. The van der Waals surface area contributed by atoms with Crippen molar-refractivity contribution in [3.8, 4) is 0 Å². The molecule has 1 heteroatoms. The first-order chi connectivity index (χ1) is 9.28. The van der Waals surface area contributed by atoms with Crippen molar-refractivity contribution >= 4 is 15.9 Å². The fourth-order valence-corrected chi connectivity index (χ4v) is 6.33. The highest BCUT2D eigenvalue weighted by Gasteiger charge is 2.43. The highest BCUT2D eigenvalue weighted by molar-refractivity contribution is 9.09. The molecule has 0 aromatic carbocycles. The molecule has 3 aliphatic carbocycles. The van der Waals surface area contributed by atoms with E-state index in [1.807, 2.05) is 0 Å². The van der Waals surface area contributed by atoms with Gasteiger partial charge in [-0.15, -0.1) is 0 Å². The van der Waals surface area contributed by atoms with Gasteiger partial charge in [0.05, 0.1) is 0 Å². The van der Waals surface area contributed by atoms with E-state index < -0.39 is 0 Å². The molecule has 3 rings (SSSR count). The summed E-state index contributed by atoms with van der Waals surface area (Å²) in [6.07, 6.45) is 16.7. The molecular weight excluding hydrogens is 296 g/mol. The molecule has 19 heavy (non-hydrogen) atoms. The molecule has 0 heterocycles. The van der Waals surface area contributed by atoms with E-state index >= 15 is 0 Å². The van der Waals surface area contributed by atoms with Gasteiger partial charge in [0.15, 0.2) is 0 Å². The van der Waals surface area contributed by atoms with Crippen LogP contribution in [0.15, 0.2) is 0 Å². The highest BCUT2D eigenvalue weighted by atomic mass is 79.9.